The summed E-state index contributed by atoms with van der Waals surface area (Å²) in [5.41, 5.74) is 0. The fraction of sp³-hybridized carbons (Fsp3) is 0.800. The molecule has 0 spiro atoms. The van der Waals surface area contributed by atoms with Gasteiger partial charge in [0.1, 0.15) is 5.75 Å². The molecule has 2 N–H and O–H groups in total. The Kier molecular flexibility index (Phi) is 2.39. The second-order valence-corrected chi connectivity index (χ2v) is 3.92. The maximum atomic E-state index is 10.9. The van der Waals surface area contributed by atoms with Crippen LogP contribution in [-0.2, 0) is 15.6 Å². The summed E-state index contributed by atoms with van der Waals surface area (Å²) in [4.78, 5) is 10.0. The zero-order chi connectivity index (χ0) is 7.56. The van der Waals surface area contributed by atoms with Gasteiger partial charge in [-0.3, -0.25) is 9.00 Å². The lowest BCUT2D eigenvalue weighted by molar-refractivity contribution is -0.134. The third kappa shape index (κ3) is 1.78. The van der Waals surface area contributed by atoms with Gasteiger partial charge in [0, 0.05) is 23.9 Å². The van der Waals surface area contributed by atoms with Crippen molar-refractivity contribution in [2.75, 3.05) is 18.8 Å². The van der Waals surface area contributed by atoms with Crippen LogP contribution in [0.15, 0.2) is 0 Å². The molecule has 1 unspecified atom stereocenters. The molecule has 1 heterocycles. The van der Waals surface area contributed by atoms with Crippen molar-refractivity contribution in [3.05, 3.63) is 0 Å². The molecule has 1 saturated heterocycles. The average Bonchev–Trinajstić information content (AvgIpc) is 1.55. The minimum absolute atomic E-state index is 0.0658. The van der Waals surface area contributed by atoms with E-state index in [-0.39, 0.29) is 11.0 Å². The van der Waals surface area contributed by atoms with E-state index in [9.17, 15) is 9.00 Å². The largest absolute Gasteiger partial charge is 0.481 e. The summed E-state index contributed by atoms with van der Waals surface area (Å²) in [7, 11) is -1.17. The third-order valence-electron chi connectivity index (χ3n) is 1.38. The number of aliphatic carboxylic acids is 1. The Morgan fingerprint density at radius 3 is 2.60 bits per heavy atom. The highest BCUT2D eigenvalue weighted by atomic mass is 32.2. The minimum Gasteiger partial charge on any atom is -0.481 e. The van der Waals surface area contributed by atoms with Gasteiger partial charge in [-0.05, 0) is 0 Å². The number of carbonyl (C=O) groups is 1. The molecule has 1 rings (SSSR count). The summed E-state index contributed by atoms with van der Waals surface area (Å²) >= 11 is 0. The Bertz CT molecular complexity index is 166. The number of hydrogen-bond donors (Lipinski definition) is 2. The molecule has 5 heteroatoms. The molecule has 1 aliphatic rings. The van der Waals surface area contributed by atoms with Gasteiger partial charge in [-0.25, -0.2) is 0 Å². The van der Waals surface area contributed by atoms with Crippen LogP contribution < -0.4 is 5.32 Å². The third-order valence-corrected chi connectivity index (χ3v) is 2.99. The van der Waals surface area contributed by atoms with Crippen molar-refractivity contribution in [1.82, 2.24) is 5.32 Å². The summed E-state index contributed by atoms with van der Waals surface area (Å²) < 4.78 is 10.9. The monoisotopic (exact) mass is 163 g/mol. The first-order valence-corrected chi connectivity index (χ1v) is 4.38. The second-order valence-electron chi connectivity index (χ2n) is 2.20. The lowest BCUT2D eigenvalue weighted by Crippen LogP contribution is -2.50. The van der Waals surface area contributed by atoms with E-state index in [0.717, 1.165) is 0 Å². The van der Waals surface area contributed by atoms with E-state index in [1.807, 2.05) is 0 Å². The Balaban J connectivity index is 2.27. The van der Waals surface area contributed by atoms with Gasteiger partial charge in [0.15, 0.2) is 0 Å². The molecule has 4 nitrogen and oxygen atoms in total. The standard InChI is InChI=1S/C5H9NO3S/c7-5(8)3-10(9)4-1-6-2-4/h4,6H,1-3H2,(H,7,8). The highest BCUT2D eigenvalue weighted by Gasteiger charge is 2.24. The number of rotatable bonds is 3. The van der Waals surface area contributed by atoms with Gasteiger partial charge in [-0.1, -0.05) is 0 Å². The van der Waals surface area contributed by atoms with Crippen LogP contribution in [0.5, 0.6) is 0 Å². The number of carboxylic acid groups (broad SMARTS) is 1. The van der Waals surface area contributed by atoms with Crippen molar-refractivity contribution in [3.8, 4) is 0 Å². The van der Waals surface area contributed by atoms with Gasteiger partial charge >= 0.3 is 5.97 Å². The Morgan fingerprint density at radius 2 is 2.30 bits per heavy atom. The SMILES string of the molecule is O=C(O)CS(=O)C1CNC1. The molecular formula is C5H9NO3S. The van der Waals surface area contributed by atoms with Gasteiger partial charge in [0.05, 0.1) is 5.25 Å². The van der Waals surface area contributed by atoms with Crippen molar-refractivity contribution < 1.29 is 14.1 Å². The van der Waals surface area contributed by atoms with Gasteiger partial charge in [0.2, 0.25) is 0 Å². The quantitative estimate of drug-likeness (QED) is 0.548. The molecule has 0 aromatic rings. The highest BCUT2D eigenvalue weighted by molar-refractivity contribution is 7.86. The predicted octanol–water partition coefficient (Wildman–Crippen LogP) is -1.21. The van der Waals surface area contributed by atoms with Gasteiger partial charge < -0.3 is 10.4 Å². The predicted molar refractivity (Wildman–Crippen MR) is 37.3 cm³/mol. The Labute approximate surface area is 61.1 Å². The minimum atomic E-state index is -1.17. The van der Waals surface area contributed by atoms with Crippen LogP contribution >= 0.6 is 0 Å². The van der Waals surface area contributed by atoms with Crippen LogP contribution in [0.3, 0.4) is 0 Å². The van der Waals surface area contributed by atoms with Crippen LogP contribution in [0.25, 0.3) is 0 Å². The first-order valence-electron chi connectivity index (χ1n) is 3.00. The van der Waals surface area contributed by atoms with Crippen molar-refractivity contribution >= 4 is 16.8 Å². The summed E-state index contributed by atoms with van der Waals surface area (Å²) in [6.45, 7) is 1.39. The van der Waals surface area contributed by atoms with E-state index in [0.29, 0.717) is 13.1 Å². The van der Waals surface area contributed by atoms with E-state index >= 15 is 0 Å². The van der Waals surface area contributed by atoms with E-state index < -0.39 is 16.8 Å². The lowest BCUT2D eigenvalue weighted by atomic mass is 10.3. The molecule has 1 aliphatic heterocycles. The Morgan fingerprint density at radius 1 is 1.70 bits per heavy atom. The molecule has 1 fully saturated rings. The normalized spacial score (nSPS) is 21.6. The average molecular weight is 163 g/mol. The van der Waals surface area contributed by atoms with Crippen LogP contribution in [0.2, 0.25) is 0 Å². The molecule has 0 radical (unpaired) electrons. The van der Waals surface area contributed by atoms with E-state index in [2.05, 4.69) is 5.32 Å². The first-order chi connectivity index (χ1) is 4.70. The fourth-order valence-electron chi connectivity index (χ4n) is 0.688. The maximum Gasteiger partial charge on any atom is 0.316 e. The summed E-state index contributed by atoms with van der Waals surface area (Å²) in [6.07, 6.45) is 0. The molecule has 0 bridgehead atoms. The zero-order valence-corrected chi connectivity index (χ0v) is 6.19. The molecule has 1 atom stereocenters. The topological polar surface area (TPSA) is 66.4 Å². The van der Waals surface area contributed by atoms with E-state index in [1.165, 1.54) is 0 Å². The fourth-order valence-corrected chi connectivity index (χ4v) is 1.77. The number of hydrogen-bond acceptors (Lipinski definition) is 3. The molecule has 0 amide bonds. The second kappa shape index (κ2) is 3.12. The smallest absolute Gasteiger partial charge is 0.316 e. The summed E-state index contributed by atoms with van der Waals surface area (Å²) in [6, 6.07) is 0. The van der Waals surface area contributed by atoms with E-state index in [4.69, 9.17) is 5.11 Å². The van der Waals surface area contributed by atoms with Crippen molar-refractivity contribution in [2.24, 2.45) is 0 Å². The van der Waals surface area contributed by atoms with Crippen molar-refractivity contribution in [1.29, 1.82) is 0 Å². The van der Waals surface area contributed by atoms with Crippen LogP contribution in [0.1, 0.15) is 0 Å². The first kappa shape index (κ1) is 7.68. The van der Waals surface area contributed by atoms with Crippen molar-refractivity contribution in [2.45, 2.75) is 5.25 Å². The highest BCUT2D eigenvalue weighted by Crippen LogP contribution is 2.01. The van der Waals surface area contributed by atoms with Crippen LogP contribution in [0, 0.1) is 0 Å². The number of carboxylic acids is 1. The summed E-state index contributed by atoms with van der Waals surface area (Å²) in [5.74, 6) is -1.20. The molecule has 10 heavy (non-hydrogen) atoms. The molecule has 0 aromatic heterocycles. The number of nitrogens with one attached hydrogen (secondary N) is 1. The van der Waals surface area contributed by atoms with Crippen LogP contribution in [-0.4, -0.2) is 39.4 Å². The molecule has 0 aliphatic carbocycles. The van der Waals surface area contributed by atoms with Crippen molar-refractivity contribution in [3.63, 3.8) is 0 Å². The molecular weight excluding hydrogens is 154 g/mol. The lowest BCUT2D eigenvalue weighted by Gasteiger charge is -2.25. The maximum absolute atomic E-state index is 10.9. The van der Waals surface area contributed by atoms with E-state index in [1.54, 1.807) is 0 Å². The van der Waals surface area contributed by atoms with Gasteiger partial charge in [-0.2, -0.15) is 0 Å². The zero-order valence-electron chi connectivity index (χ0n) is 5.37. The molecule has 0 aromatic carbocycles. The van der Waals surface area contributed by atoms with Crippen LogP contribution in [0.4, 0.5) is 0 Å². The Hall–Kier alpha value is -0.420. The van der Waals surface area contributed by atoms with Gasteiger partial charge in [-0.15, -0.1) is 0 Å². The molecule has 0 saturated carbocycles. The molecule has 58 valence electrons. The summed E-state index contributed by atoms with van der Waals surface area (Å²) in [5, 5.41) is 11.2. The van der Waals surface area contributed by atoms with Gasteiger partial charge in [0.25, 0.3) is 0 Å².